The zero-order valence-electron chi connectivity index (χ0n) is 13.2. The lowest BCUT2D eigenvalue weighted by Gasteiger charge is -2.24. The fraction of sp³-hybridized carbons (Fsp3) is 0.438. The van der Waals surface area contributed by atoms with Gasteiger partial charge in [-0.3, -0.25) is 4.98 Å². The van der Waals surface area contributed by atoms with Crippen LogP contribution in [0.2, 0.25) is 0 Å². The summed E-state index contributed by atoms with van der Waals surface area (Å²) in [5, 5.41) is 3.27. The molecule has 0 aliphatic carbocycles. The SMILES string of the molecule is CCNc1ncnc(N(CC)Cc2cccc(C)n2)c1C. The molecule has 0 aromatic carbocycles. The maximum Gasteiger partial charge on any atom is 0.137 e. The van der Waals surface area contributed by atoms with Gasteiger partial charge in [0.25, 0.3) is 0 Å². The molecule has 0 aliphatic heterocycles. The van der Waals surface area contributed by atoms with Crippen LogP contribution in [0.4, 0.5) is 11.6 Å². The third-order valence-electron chi connectivity index (χ3n) is 3.38. The van der Waals surface area contributed by atoms with Crippen molar-refractivity contribution in [1.82, 2.24) is 15.0 Å². The highest BCUT2D eigenvalue weighted by atomic mass is 15.2. The highest BCUT2D eigenvalue weighted by Crippen LogP contribution is 2.23. The van der Waals surface area contributed by atoms with Crippen molar-refractivity contribution in [3.8, 4) is 0 Å². The Balaban J connectivity index is 2.27. The Morgan fingerprint density at radius 3 is 2.62 bits per heavy atom. The molecular weight excluding hydrogens is 262 g/mol. The van der Waals surface area contributed by atoms with E-state index < -0.39 is 0 Å². The normalized spacial score (nSPS) is 10.5. The highest BCUT2D eigenvalue weighted by Gasteiger charge is 2.13. The van der Waals surface area contributed by atoms with Gasteiger partial charge in [-0.1, -0.05) is 6.07 Å². The van der Waals surface area contributed by atoms with Crippen molar-refractivity contribution in [2.24, 2.45) is 0 Å². The van der Waals surface area contributed by atoms with Gasteiger partial charge in [-0.15, -0.1) is 0 Å². The van der Waals surface area contributed by atoms with E-state index in [4.69, 9.17) is 0 Å². The molecule has 0 unspecified atom stereocenters. The summed E-state index contributed by atoms with van der Waals surface area (Å²) in [6.45, 7) is 10.7. The number of aryl methyl sites for hydroxylation is 1. The van der Waals surface area contributed by atoms with Crippen molar-refractivity contribution in [3.05, 3.63) is 41.5 Å². The van der Waals surface area contributed by atoms with Gasteiger partial charge in [-0.25, -0.2) is 9.97 Å². The second-order valence-corrected chi connectivity index (χ2v) is 4.99. The first kappa shape index (κ1) is 15.2. The summed E-state index contributed by atoms with van der Waals surface area (Å²) in [5.74, 6) is 1.87. The monoisotopic (exact) mass is 285 g/mol. The molecule has 1 N–H and O–H groups in total. The van der Waals surface area contributed by atoms with E-state index in [9.17, 15) is 0 Å². The average molecular weight is 285 g/mol. The summed E-state index contributed by atoms with van der Waals surface area (Å²) < 4.78 is 0. The predicted molar refractivity (Wildman–Crippen MR) is 86.6 cm³/mol. The van der Waals surface area contributed by atoms with Crippen LogP contribution in [0.3, 0.4) is 0 Å². The van der Waals surface area contributed by atoms with Crippen LogP contribution >= 0.6 is 0 Å². The van der Waals surface area contributed by atoms with Crippen LogP contribution in [0.5, 0.6) is 0 Å². The van der Waals surface area contributed by atoms with E-state index in [0.29, 0.717) is 0 Å². The summed E-state index contributed by atoms with van der Waals surface area (Å²) in [4.78, 5) is 15.6. The van der Waals surface area contributed by atoms with Gasteiger partial charge in [0.2, 0.25) is 0 Å². The van der Waals surface area contributed by atoms with Crippen LogP contribution in [0, 0.1) is 13.8 Å². The van der Waals surface area contributed by atoms with Crippen LogP contribution in [-0.2, 0) is 6.54 Å². The number of hydrogen-bond donors (Lipinski definition) is 1. The van der Waals surface area contributed by atoms with Crippen LogP contribution in [0.1, 0.15) is 30.8 Å². The summed E-state index contributed by atoms with van der Waals surface area (Å²) in [6.07, 6.45) is 1.62. The van der Waals surface area contributed by atoms with Crippen molar-refractivity contribution < 1.29 is 0 Å². The molecule has 0 saturated carbocycles. The molecule has 2 heterocycles. The molecule has 5 heteroatoms. The maximum absolute atomic E-state index is 4.57. The van der Waals surface area contributed by atoms with E-state index in [1.54, 1.807) is 6.33 Å². The lowest BCUT2D eigenvalue weighted by molar-refractivity contribution is 0.783. The first-order chi connectivity index (χ1) is 10.2. The fourth-order valence-electron chi connectivity index (χ4n) is 2.32. The molecule has 0 bridgehead atoms. The molecule has 0 amide bonds. The van der Waals surface area contributed by atoms with E-state index in [0.717, 1.165) is 48.2 Å². The number of aromatic nitrogens is 3. The number of nitrogens with zero attached hydrogens (tertiary/aromatic N) is 4. The minimum Gasteiger partial charge on any atom is -0.370 e. The van der Waals surface area contributed by atoms with Gasteiger partial charge in [-0.05, 0) is 39.8 Å². The first-order valence-electron chi connectivity index (χ1n) is 7.38. The smallest absolute Gasteiger partial charge is 0.137 e. The third kappa shape index (κ3) is 3.68. The Morgan fingerprint density at radius 2 is 1.95 bits per heavy atom. The Labute approximate surface area is 126 Å². The van der Waals surface area contributed by atoms with Gasteiger partial charge in [0.1, 0.15) is 18.0 Å². The van der Waals surface area contributed by atoms with Crippen molar-refractivity contribution >= 4 is 11.6 Å². The molecule has 0 atom stereocenters. The van der Waals surface area contributed by atoms with Gasteiger partial charge in [0.15, 0.2) is 0 Å². The largest absolute Gasteiger partial charge is 0.370 e. The molecule has 0 radical (unpaired) electrons. The van der Waals surface area contributed by atoms with Crippen molar-refractivity contribution in [1.29, 1.82) is 0 Å². The molecule has 21 heavy (non-hydrogen) atoms. The Morgan fingerprint density at radius 1 is 1.14 bits per heavy atom. The van der Waals surface area contributed by atoms with Gasteiger partial charge < -0.3 is 10.2 Å². The molecule has 0 fully saturated rings. The molecular formula is C16H23N5. The quantitative estimate of drug-likeness (QED) is 0.884. The van der Waals surface area contributed by atoms with Gasteiger partial charge in [-0.2, -0.15) is 0 Å². The van der Waals surface area contributed by atoms with E-state index >= 15 is 0 Å². The van der Waals surface area contributed by atoms with Gasteiger partial charge in [0, 0.05) is 24.3 Å². The summed E-state index contributed by atoms with van der Waals surface area (Å²) in [7, 11) is 0. The number of pyridine rings is 1. The third-order valence-corrected chi connectivity index (χ3v) is 3.38. The lowest BCUT2D eigenvalue weighted by atomic mass is 10.2. The van der Waals surface area contributed by atoms with Crippen LogP contribution < -0.4 is 10.2 Å². The Kier molecular flexibility index (Phi) is 5.09. The van der Waals surface area contributed by atoms with E-state index in [1.807, 2.05) is 19.1 Å². The number of nitrogens with one attached hydrogen (secondary N) is 1. The molecule has 112 valence electrons. The zero-order chi connectivity index (χ0) is 15.2. The van der Waals surface area contributed by atoms with Gasteiger partial charge >= 0.3 is 0 Å². The van der Waals surface area contributed by atoms with E-state index in [-0.39, 0.29) is 0 Å². The molecule has 0 spiro atoms. The molecule has 0 saturated heterocycles. The Hall–Kier alpha value is -2.17. The summed E-state index contributed by atoms with van der Waals surface area (Å²) in [6, 6.07) is 6.11. The number of anilines is 2. The van der Waals surface area contributed by atoms with Crippen molar-refractivity contribution in [2.45, 2.75) is 34.2 Å². The number of rotatable bonds is 6. The summed E-state index contributed by atoms with van der Waals surface area (Å²) in [5.41, 5.74) is 3.17. The zero-order valence-corrected chi connectivity index (χ0v) is 13.2. The minimum absolute atomic E-state index is 0.752. The molecule has 2 aromatic heterocycles. The van der Waals surface area contributed by atoms with Crippen LogP contribution in [-0.4, -0.2) is 28.0 Å². The topological polar surface area (TPSA) is 53.9 Å². The molecule has 2 aromatic rings. The minimum atomic E-state index is 0.752. The van der Waals surface area contributed by atoms with Crippen LogP contribution in [0.25, 0.3) is 0 Å². The molecule has 5 nitrogen and oxygen atoms in total. The Bertz CT molecular complexity index is 597. The molecule has 2 rings (SSSR count). The van der Waals surface area contributed by atoms with E-state index in [2.05, 4.69) is 52.0 Å². The molecule has 0 aliphatic rings. The van der Waals surface area contributed by atoms with Crippen LogP contribution in [0.15, 0.2) is 24.5 Å². The lowest BCUT2D eigenvalue weighted by Crippen LogP contribution is -2.25. The summed E-state index contributed by atoms with van der Waals surface area (Å²) >= 11 is 0. The standard InChI is InChI=1S/C16H23N5/c1-5-17-15-13(4)16(19-11-18-15)21(6-2)10-14-9-7-8-12(3)20-14/h7-9,11H,5-6,10H2,1-4H3,(H,17,18,19). The number of hydrogen-bond acceptors (Lipinski definition) is 5. The average Bonchev–Trinajstić information content (AvgIpc) is 2.48. The predicted octanol–water partition coefficient (Wildman–Crippen LogP) is 2.95. The second kappa shape index (κ2) is 7.02. The second-order valence-electron chi connectivity index (χ2n) is 4.99. The van der Waals surface area contributed by atoms with Crippen molar-refractivity contribution in [2.75, 3.05) is 23.3 Å². The van der Waals surface area contributed by atoms with E-state index in [1.165, 1.54) is 0 Å². The first-order valence-corrected chi connectivity index (χ1v) is 7.38. The van der Waals surface area contributed by atoms with Gasteiger partial charge in [0.05, 0.1) is 12.2 Å². The van der Waals surface area contributed by atoms with Crippen molar-refractivity contribution in [3.63, 3.8) is 0 Å². The maximum atomic E-state index is 4.57. The fourth-order valence-corrected chi connectivity index (χ4v) is 2.32. The highest BCUT2D eigenvalue weighted by molar-refractivity contribution is 5.57.